The summed E-state index contributed by atoms with van der Waals surface area (Å²) in [5, 5.41) is 6.49. The quantitative estimate of drug-likeness (QED) is 0.383. The summed E-state index contributed by atoms with van der Waals surface area (Å²) in [6.07, 6.45) is -4.46. The van der Waals surface area contributed by atoms with Crippen LogP contribution in [0.5, 0.6) is 5.75 Å². The lowest BCUT2D eigenvalue weighted by Crippen LogP contribution is -2.12. The summed E-state index contributed by atoms with van der Waals surface area (Å²) in [6.45, 7) is 0.283. The number of thiophene rings is 1. The van der Waals surface area contributed by atoms with E-state index in [4.69, 9.17) is 4.74 Å². The number of alkyl halides is 3. The highest BCUT2D eigenvalue weighted by Crippen LogP contribution is 2.31. The molecule has 1 aromatic heterocycles. The molecule has 3 aromatic carbocycles. The Bertz CT molecular complexity index is 1200. The molecule has 0 aliphatic rings. The maximum atomic E-state index is 12.8. The summed E-state index contributed by atoms with van der Waals surface area (Å²) in [7, 11) is 0. The molecule has 0 radical (unpaired) electrons. The first-order chi connectivity index (χ1) is 14.4. The van der Waals surface area contributed by atoms with Crippen molar-refractivity contribution in [3.05, 3.63) is 94.2 Å². The number of hydrogen-bond donors (Lipinski definition) is 1. The zero-order valence-electron chi connectivity index (χ0n) is 15.6. The summed E-state index contributed by atoms with van der Waals surface area (Å²) in [4.78, 5) is 12.8. The van der Waals surface area contributed by atoms with E-state index in [1.807, 2.05) is 42.5 Å². The molecular weight excluding hydrogens is 411 g/mol. The average molecular weight is 427 g/mol. The van der Waals surface area contributed by atoms with Crippen molar-refractivity contribution in [2.75, 3.05) is 5.32 Å². The zero-order chi connectivity index (χ0) is 21.1. The maximum absolute atomic E-state index is 12.8. The molecule has 0 aliphatic carbocycles. The minimum atomic E-state index is -4.46. The molecule has 0 atom stereocenters. The Morgan fingerprint density at radius 3 is 2.53 bits per heavy atom. The van der Waals surface area contributed by atoms with Gasteiger partial charge in [-0.1, -0.05) is 36.4 Å². The zero-order valence-corrected chi connectivity index (χ0v) is 16.4. The Kier molecular flexibility index (Phi) is 5.46. The molecule has 1 amide bonds. The smallest absolute Gasteiger partial charge is 0.416 e. The van der Waals surface area contributed by atoms with Crippen molar-refractivity contribution >= 4 is 33.7 Å². The van der Waals surface area contributed by atoms with Crippen LogP contribution in [0.1, 0.15) is 20.8 Å². The van der Waals surface area contributed by atoms with Crippen LogP contribution in [0.4, 0.5) is 18.9 Å². The van der Waals surface area contributed by atoms with Crippen molar-refractivity contribution in [1.29, 1.82) is 0 Å². The molecule has 7 heteroatoms. The Hall–Kier alpha value is -3.32. The highest BCUT2D eigenvalue weighted by molar-refractivity contribution is 7.12. The fraction of sp³-hybridized carbons (Fsp3) is 0.0870. The van der Waals surface area contributed by atoms with Crippen molar-refractivity contribution in [3.63, 3.8) is 0 Å². The third kappa shape index (κ3) is 4.63. The predicted octanol–water partition coefficient (Wildman–Crippen LogP) is 6.75. The molecule has 0 spiro atoms. The third-order valence-electron chi connectivity index (χ3n) is 4.45. The Morgan fingerprint density at radius 1 is 0.933 bits per heavy atom. The topological polar surface area (TPSA) is 38.3 Å². The van der Waals surface area contributed by atoms with E-state index in [1.165, 1.54) is 23.5 Å². The van der Waals surface area contributed by atoms with E-state index in [2.05, 4.69) is 5.32 Å². The minimum absolute atomic E-state index is 0.0946. The molecule has 0 saturated carbocycles. The molecule has 4 rings (SSSR count). The number of halogens is 3. The van der Waals surface area contributed by atoms with Gasteiger partial charge in [-0.05, 0) is 52.6 Å². The average Bonchev–Trinajstić information content (AvgIpc) is 3.21. The van der Waals surface area contributed by atoms with E-state index in [0.29, 0.717) is 4.88 Å². The van der Waals surface area contributed by atoms with Crippen LogP contribution in [0.2, 0.25) is 0 Å². The lowest BCUT2D eigenvalue weighted by molar-refractivity contribution is -0.137. The second-order valence-electron chi connectivity index (χ2n) is 6.65. The molecule has 152 valence electrons. The number of nitrogens with one attached hydrogen (secondary N) is 1. The van der Waals surface area contributed by atoms with Gasteiger partial charge in [-0.25, -0.2) is 0 Å². The summed E-state index contributed by atoms with van der Waals surface area (Å²) in [5.41, 5.74) is 0.0930. The second-order valence-corrected chi connectivity index (χ2v) is 7.56. The van der Waals surface area contributed by atoms with E-state index in [0.717, 1.165) is 34.2 Å². The van der Waals surface area contributed by atoms with Crippen LogP contribution in [0.3, 0.4) is 0 Å². The van der Waals surface area contributed by atoms with E-state index >= 15 is 0 Å². The van der Waals surface area contributed by atoms with Gasteiger partial charge in [-0.15, -0.1) is 11.3 Å². The number of carbonyl (C=O) groups is 1. The predicted molar refractivity (Wildman–Crippen MR) is 112 cm³/mol. The van der Waals surface area contributed by atoms with Gasteiger partial charge in [0.25, 0.3) is 5.91 Å². The van der Waals surface area contributed by atoms with E-state index in [9.17, 15) is 18.0 Å². The van der Waals surface area contributed by atoms with E-state index in [1.54, 1.807) is 11.4 Å². The van der Waals surface area contributed by atoms with Crippen LogP contribution in [0.15, 0.2) is 78.2 Å². The number of rotatable bonds is 5. The lowest BCUT2D eigenvalue weighted by Gasteiger charge is -2.09. The van der Waals surface area contributed by atoms with Crippen molar-refractivity contribution in [2.45, 2.75) is 12.8 Å². The molecule has 1 N–H and O–H groups in total. The monoisotopic (exact) mass is 427 g/mol. The molecule has 0 aliphatic heterocycles. The molecule has 3 nitrogen and oxygen atoms in total. The SMILES string of the molecule is O=C(Nc1cccc(C(F)(F)F)c1)c1cc(COc2ccc3ccccc3c2)cs1. The Labute approximate surface area is 174 Å². The number of ether oxygens (including phenoxy) is 1. The number of benzene rings is 3. The van der Waals surface area contributed by atoms with Gasteiger partial charge in [0.05, 0.1) is 10.4 Å². The van der Waals surface area contributed by atoms with Crippen molar-refractivity contribution in [1.82, 2.24) is 0 Å². The second kappa shape index (κ2) is 8.20. The molecule has 4 aromatic rings. The fourth-order valence-electron chi connectivity index (χ4n) is 2.96. The highest BCUT2D eigenvalue weighted by atomic mass is 32.1. The largest absolute Gasteiger partial charge is 0.489 e. The van der Waals surface area contributed by atoms with Crippen LogP contribution in [0, 0.1) is 0 Å². The van der Waals surface area contributed by atoms with Crippen LogP contribution in [0.25, 0.3) is 10.8 Å². The Morgan fingerprint density at radius 2 is 1.73 bits per heavy atom. The van der Waals surface area contributed by atoms with Gasteiger partial charge in [-0.3, -0.25) is 4.79 Å². The normalized spacial score (nSPS) is 11.4. The molecule has 0 bridgehead atoms. The van der Waals surface area contributed by atoms with Gasteiger partial charge >= 0.3 is 6.18 Å². The number of anilines is 1. The van der Waals surface area contributed by atoms with Gasteiger partial charge < -0.3 is 10.1 Å². The van der Waals surface area contributed by atoms with Crippen LogP contribution in [-0.2, 0) is 12.8 Å². The summed E-state index contributed by atoms with van der Waals surface area (Å²) in [6, 6.07) is 20.0. The van der Waals surface area contributed by atoms with Gasteiger partial charge in [0.2, 0.25) is 0 Å². The molecular formula is C23H16F3NO2S. The van der Waals surface area contributed by atoms with Gasteiger partial charge in [0.15, 0.2) is 0 Å². The summed E-state index contributed by atoms with van der Waals surface area (Å²) >= 11 is 1.21. The molecule has 0 saturated heterocycles. The molecule has 1 heterocycles. The number of amides is 1. The van der Waals surface area contributed by atoms with Gasteiger partial charge in [0, 0.05) is 11.3 Å². The first-order valence-corrected chi connectivity index (χ1v) is 9.94. The highest BCUT2D eigenvalue weighted by Gasteiger charge is 2.30. The van der Waals surface area contributed by atoms with Crippen molar-refractivity contribution in [2.24, 2.45) is 0 Å². The van der Waals surface area contributed by atoms with Crippen LogP contribution in [-0.4, -0.2) is 5.91 Å². The van der Waals surface area contributed by atoms with Crippen LogP contribution >= 0.6 is 11.3 Å². The Balaban J connectivity index is 1.40. The van der Waals surface area contributed by atoms with Crippen LogP contribution < -0.4 is 10.1 Å². The fourth-order valence-corrected chi connectivity index (χ4v) is 3.75. The van der Waals surface area contributed by atoms with Gasteiger partial charge in [-0.2, -0.15) is 13.2 Å². The number of hydrogen-bond acceptors (Lipinski definition) is 3. The summed E-state index contributed by atoms with van der Waals surface area (Å²) in [5.74, 6) is 0.256. The standard InChI is InChI=1S/C23H16F3NO2S/c24-23(25,26)18-6-3-7-19(12-18)27-22(28)21-10-15(14-30-21)13-29-20-9-8-16-4-1-2-5-17(16)11-20/h1-12,14H,13H2,(H,27,28). The van der Waals surface area contributed by atoms with E-state index < -0.39 is 17.6 Å². The molecule has 0 unspecified atom stereocenters. The third-order valence-corrected chi connectivity index (χ3v) is 5.43. The molecule has 30 heavy (non-hydrogen) atoms. The minimum Gasteiger partial charge on any atom is -0.489 e. The number of fused-ring (bicyclic) bond motifs is 1. The maximum Gasteiger partial charge on any atom is 0.416 e. The summed E-state index contributed by atoms with van der Waals surface area (Å²) < 4.78 is 44.3. The van der Waals surface area contributed by atoms with E-state index in [-0.39, 0.29) is 12.3 Å². The first kappa shape index (κ1) is 20.0. The first-order valence-electron chi connectivity index (χ1n) is 9.06. The lowest BCUT2D eigenvalue weighted by atomic mass is 10.1. The van der Waals surface area contributed by atoms with Crippen molar-refractivity contribution < 1.29 is 22.7 Å². The molecule has 0 fully saturated rings. The number of carbonyl (C=O) groups excluding carboxylic acids is 1. The van der Waals surface area contributed by atoms with Gasteiger partial charge in [0.1, 0.15) is 12.4 Å². The van der Waals surface area contributed by atoms with Crippen molar-refractivity contribution in [3.8, 4) is 5.75 Å².